The maximum Gasteiger partial charge on any atom is 0.00894 e. The summed E-state index contributed by atoms with van der Waals surface area (Å²) in [5.74, 6) is 0. The second kappa shape index (κ2) is 6.55. The van der Waals surface area contributed by atoms with E-state index in [1.54, 1.807) is 0 Å². The van der Waals surface area contributed by atoms with Gasteiger partial charge in [0.2, 0.25) is 0 Å². The van der Waals surface area contributed by atoms with Crippen molar-refractivity contribution in [3.63, 3.8) is 0 Å². The lowest BCUT2D eigenvalue weighted by atomic mass is 9.89. The average molecular weight is 253 g/mol. The van der Waals surface area contributed by atoms with E-state index in [2.05, 4.69) is 57.4 Å². The molecule has 0 saturated carbocycles. The Morgan fingerprint density at radius 2 is 1.94 bits per heavy atom. The molecule has 1 heterocycles. The van der Waals surface area contributed by atoms with Crippen molar-refractivity contribution in [3.05, 3.63) is 22.4 Å². The second-order valence-corrected chi connectivity index (χ2v) is 7.38. The molecule has 98 valence electrons. The zero-order valence-corrected chi connectivity index (χ0v) is 12.7. The van der Waals surface area contributed by atoms with Crippen LogP contribution in [0.25, 0.3) is 0 Å². The molecule has 0 saturated heterocycles. The topological polar surface area (TPSA) is 12.0 Å². The fourth-order valence-corrected chi connectivity index (χ4v) is 2.84. The molecule has 17 heavy (non-hydrogen) atoms. The molecule has 0 aromatic carbocycles. The maximum atomic E-state index is 3.70. The minimum atomic E-state index is 0.451. The monoisotopic (exact) mass is 253 g/mol. The molecule has 0 aliphatic heterocycles. The molecule has 1 nitrogen and oxygen atoms in total. The van der Waals surface area contributed by atoms with Gasteiger partial charge in [-0.1, -0.05) is 26.8 Å². The van der Waals surface area contributed by atoms with Crippen molar-refractivity contribution in [2.24, 2.45) is 5.41 Å². The van der Waals surface area contributed by atoms with Crippen LogP contribution in [0.2, 0.25) is 0 Å². The lowest BCUT2D eigenvalue weighted by Gasteiger charge is -2.24. The molecule has 0 fully saturated rings. The number of rotatable bonds is 6. The fourth-order valence-electron chi connectivity index (χ4n) is 2.01. The highest BCUT2D eigenvalue weighted by Gasteiger charge is 2.14. The van der Waals surface area contributed by atoms with Crippen molar-refractivity contribution in [2.45, 2.75) is 66.0 Å². The first-order valence-electron chi connectivity index (χ1n) is 6.65. The lowest BCUT2D eigenvalue weighted by molar-refractivity contribution is 0.326. The summed E-state index contributed by atoms with van der Waals surface area (Å²) in [6.45, 7) is 11.5. The molecule has 1 aromatic heterocycles. The summed E-state index contributed by atoms with van der Waals surface area (Å²) < 4.78 is 0. The van der Waals surface area contributed by atoms with E-state index in [1.807, 2.05) is 11.3 Å². The van der Waals surface area contributed by atoms with Gasteiger partial charge in [-0.3, -0.25) is 0 Å². The number of hydrogen-bond donors (Lipinski definition) is 1. The minimum absolute atomic E-state index is 0.451. The molecule has 0 aliphatic carbocycles. The van der Waals surface area contributed by atoms with E-state index in [1.165, 1.54) is 17.7 Å². The minimum Gasteiger partial charge on any atom is -0.311 e. The van der Waals surface area contributed by atoms with E-state index in [9.17, 15) is 0 Å². The molecule has 1 rings (SSSR count). The molecule has 2 unspecified atom stereocenters. The van der Waals surface area contributed by atoms with Crippen LogP contribution in [0.3, 0.4) is 0 Å². The van der Waals surface area contributed by atoms with Crippen molar-refractivity contribution < 1.29 is 0 Å². The summed E-state index contributed by atoms with van der Waals surface area (Å²) in [5, 5.41) is 5.86. The van der Waals surface area contributed by atoms with E-state index < -0.39 is 0 Å². The molecule has 0 amide bonds. The molecular formula is C15H27NS. The SMILES string of the molecule is CC(CCC(C)(C)C)NC(C)Cc1cccs1. The predicted octanol–water partition coefficient (Wildman–Crippen LogP) is 4.48. The van der Waals surface area contributed by atoms with Crippen molar-refractivity contribution in [1.82, 2.24) is 5.32 Å². The molecular weight excluding hydrogens is 226 g/mol. The third-order valence-corrected chi connectivity index (χ3v) is 3.88. The third kappa shape index (κ3) is 6.85. The van der Waals surface area contributed by atoms with Crippen LogP contribution in [-0.2, 0) is 6.42 Å². The van der Waals surface area contributed by atoms with E-state index in [-0.39, 0.29) is 0 Å². The first-order chi connectivity index (χ1) is 7.87. The molecule has 1 aromatic rings. The van der Waals surface area contributed by atoms with Gasteiger partial charge >= 0.3 is 0 Å². The van der Waals surface area contributed by atoms with Crippen LogP contribution in [0.4, 0.5) is 0 Å². The Morgan fingerprint density at radius 3 is 2.47 bits per heavy atom. The Balaban J connectivity index is 2.24. The zero-order chi connectivity index (χ0) is 12.9. The molecule has 1 N–H and O–H groups in total. The van der Waals surface area contributed by atoms with Crippen LogP contribution in [-0.4, -0.2) is 12.1 Å². The Hall–Kier alpha value is -0.340. The Kier molecular flexibility index (Phi) is 5.68. The summed E-state index contributed by atoms with van der Waals surface area (Å²) in [6, 6.07) is 5.55. The first kappa shape index (κ1) is 14.7. The molecule has 2 heteroatoms. The third-order valence-electron chi connectivity index (χ3n) is 2.98. The highest BCUT2D eigenvalue weighted by Crippen LogP contribution is 2.21. The van der Waals surface area contributed by atoms with Gasteiger partial charge in [0.05, 0.1) is 0 Å². The summed E-state index contributed by atoms with van der Waals surface area (Å²) in [4.78, 5) is 1.48. The smallest absolute Gasteiger partial charge is 0.00894 e. The van der Waals surface area contributed by atoms with Gasteiger partial charge in [-0.2, -0.15) is 0 Å². The van der Waals surface area contributed by atoms with Gasteiger partial charge in [0, 0.05) is 17.0 Å². The fraction of sp³-hybridized carbons (Fsp3) is 0.733. The van der Waals surface area contributed by atoms with E-state index in [0.29, 0.717) is 17.5 Å². The summed E-state index contributed by atoms with van der Waals surface area (Å²) >= 11 is 1.86. The van der Waals surface area contributed by atoms with Crippen LogP contribution >= 0.6 is 11.3 Å². The number of hydrogen-bond acceptors (Lipinski definition) is 2. The Labute approximate surface area is 111 Å². The van der Waals surface area contributed by atoms with E-state index in [4.69, 9.17) is 0 Å². The van der Waals surface area contributed by atoms with Crippen molar-refractivity contribution in [3.8, 4) is 0 Å². The molecule has 0 spiro atoms. The number of nitrogens with one attached hydrogen (secondary N) is 1. The Morgan fingerprint density at radius 1 is 1.24 bits per heavy atom. The van der Waals surface area contributed by atoms with E-state index in [0.717, 1.165) is 6.42 Å². The molecule has 2 atom stereocenters. The lowest BCUT2D eigenvalue weighted by Crippen LogP contribution is -2.36. The normalized spacial score (nSPS) is 15.8. The van der Waals surface area contributed by atoms with Gasteiger partial charge in [0.15, 0.2) is 0 Å². The summed E-state index contributed by atoms with van der Waals surface area (Å²) in [5.41, 5.74) is 0.451. The van der Waals surface area contributed by atoms with Gasteiger partial charge in [0.1, 0.15) is 0 Å². The maximum absolute atomic E-state index is 3.70. The molecule has 0 bridgehead atoms. The van der Waals surface area contributed by atoms with Crippen LogP contribution < -0.4 is 5.32 Å². The standard InChI is InChI=1S/C15H27NS/c1-12(8-9-15(3,4)5)16-13(2)11-14-7-6-10-17-14/h6-7,10,12-13,16H,8-9,11H2,1-5H3. The van der Waals surface area contributed by atoms with Gasteiger partial charge in [-0.15, -0.1) is 11.3 Å². The largest absolute Gasteiger partial charge is 0.311 e. The first-order valence-corrected chi connectivity index (χ1v) is 7.53. The Bertz CT molecular complexity index is 297. The van der Waals surface area contributed by atoms with Crippen LogP contribution in [0.15, 0.2) is 17.5 Å². The van der Waals surface area contributed by atoms with Crippen LogP contribution in [0.1, 0.15) is 52.3 Å². The average Bonchev–Trinajstić information content (AvgIpc) is 2.66. The quantitative estimate of drug-likeness (QED) is 0.788. The van der Waals surface area contributed by atoms with Crippen molar-refractivity contribution >= 4 is 11.3 Å². The predicted molar refractivity (Wildman–Crippen MR) is 78.8 cm³/mol. The highest BCUT2D eigenvalue weighted by atomic mass is 32.1. The second-order valence-electron chi connectivity index (χ2n) is 6.35. The van der Waals surface area contributed by atoms with Gasteiger partial charge < -0.3 is 5.32 Å². The van der Waals surface area contributed by atoms with Gasteiger partial charge in [-0.25, -0.2) is 0 Å². The van der Waals surface area contributed by atoms with Gasteiger partial charge in [-0.05, 0) is 50.0 Å². The molecule has 0 radical (unpaired) electrons. The zero-order valence-electron chi connectivity index (χ0n) is 11.9. The molecule has 0 aliphatic rings. The van der Waals surface area contributed by atoms with Crippen molar-refractivity contribution in [1.29, 1.82) is 0 Å². The van der Waals surface area contributed by atoms with Crippen molar-refractivity contribution in [2.75, 3.05) is 0 Å². The van der Waals surface area contributed by atoms with Crippen LogP contribution in [0.5, 0.6) is 0 Å². The highest BCUT2D eigenvalue weighted by molar-refractivity contribution is 7.09. The summed E-state index contributed by atoms with van der Waals surface area (Å²) in [6.07, 6.45) is 3.70. The van der Waals surface area contributed by atoms with Gasteiger partial charge in [0.25, 0.3) is 0 Å². The van der Waals surface area contributed by atoms with E-state index >= 15 is 0 Å². The van der Waals surface area contributed by atoms with Crippen LogP contribution in [0, 0.1) is 5.41 Å². The summed E-state index contributed by atoms with van der Waals surface area (Å²) in [7, 11) is 0. The number of thiophene rings is 1.